The van der Waals surface area contributed by atoms with Crippen molar-refractivity contribution in [3.8, 4) is 0 Å². The molecule has 2 aliphatic rings. The van der Waals surface area contributed by atoms with E-state index >= 15 is 0 Å². The second kappa shape index (κ2) is 44.1. The predicted molar refractivity (Wildman–Crippen MR) is 290 cm³/mol. The van der Waals surface area contributed by atoms with E-state index in [4.69, 9.17) is 33.2 Å². The van der Waals surface area contributed by atoms with Gasteiger partial charge in [0.1, 0.15) is 18.3 Å². The van der Waals surface area contributed by atoms with Gasteiger partial charge < -0.3 is 43.0 Å². The highest BCUT2D eigenvalue weighted by Crippen LogP contribution is 2.23. The van der Waals surface area contributed by atoms with Gasteiger partial charge in [-0.2, -0.15) is 0 Å². The molecular weight excluding hydrogens is 961 g/mol. The summed E-state index contributed by atoms with van der Waals surface area (Å²) in [4.78, 5) is 96.2. The van der Waals surface area contributed by atoms with E-state index in [1.54, 1.807) is 0 Å². The van der Waals surface area contributed by atoms with Gasteiger partial charge in [0, 0.05) is 50.5 Å². The first-order valence-electron chi connectivity index (χ1n) is 30.0. The number of ether oxygens (including phenoxy) is 7. The van der Waals surface area contributed by atoms with Crippen molar-refractivity contribution in [1.29, 1.82) is 0 Å². The molecular formula is C59H104N2O14. The third-order valence-corrected chi connectivity index (χ3v) is 14.1. The zero-order valence-electron chi connectivity index (χ0n) is 47.7. The van der Waals surface area contributed by atoms with Crippen LogP contribution in [0.15, 0.2) is 0 Å². The van der Waals surface area contributed by atoms with Crippen LogP contribution in [-0.4, -0.2) is 130 Å². The molecule has 0 aromatic carbocycles. The van der Waals surface area contributed by atoms with E-state index in [1.165, 1.54) is 4.90 Å². The third-order valence-electron chi connectivity index (χ3n) is 14.1. The van der Waals surface area contributed by atoms with Gasteiger partial charge in [-0.25, -0.2) is 4.79 Å². The van der Waals surface area contributed by atoms with Gasteiger partial charge in [0.2, 0.25) is 0 Å². The number of unbranched alkanes of at least 4 members (excludes halogenated alkanes) is 20. The highest BCUT2D eigenvalue weighted by atomic mass is 16.6. The molecule has 0 N–H and O–H groups in total. The molecule has 0 aromatic heterocycles. The average Bonchev–Trinajstić information content (AvgIpc) is 3.59. The summed E-state index contributed by atoms with van der Waals surface area (Å²) >= 11 is 0. The van der Waals surface area contributed by atoms with E-state index in [-0.39, 0.29) is 114 Å². The molecule has 75 heavy (non-hydrogen) atoms. The summed E-state index contributed by atoms with van der Waals surface area (Å²) in [5.74, 6) is -4.19. The van der Waals surface area contributed by atoms with E-state index < -0.39 is 42.1 Å². The highest BCUT2D eigenvalue weighted by molar-refractivity contribution is 5.73. The van der Waals surface area contributed by atoms with Gasteiger partial charge in [-0.15, -0.1) is 0 Å². The Bertz CT molecular complexity index is 1410. The fourth-order valence-electron chi connectivity index (χ4n) is 9.53. The number of rotatable bonds is 43. The van der Waals surface area contributed by atoms with Crippen LogP contribution in [0, 0.1) is 11.8 Å². The summed E-state index contributed by atoms with van der Waals surface area (Å²) in [6.45, 7) is 9.48. The zero-order valence-corrected chi connectivity index (χ0v) is 47.7. The summed E-state index contributed by atoms with van der Waals surface area (Å²) in [6, 6.07) is 0. The minimum Gasteiger partial charge on any atom is -0.465 e. The van der Waals surface area contributed by atoms with Crippen molar-refractivity contribution in [3.63, 3.8) is 0 Å². The lowest BCUT2D eigenvalue weighted by atomic mass is 10.0. The lowest BCUT2D eigenvalue weighted by molar-refractivity contribution is -0.167. The number of likely N-dealkylation sites (tertiary alicyclic amines) is 2. The number of carbonyl (C=O) groups is 7. The number of hydrogen-bond donors (Lipinski definition) is 0. The molecule has 2 rings (SSSR count). The summed E-state index contributed by atoms with van der Waals surface area (Å²) in [7, 11) is 1.98. The van der Waals surface area contributed by atoms with Gasteiger partial charge in [-0.3, -0.25) is 28.8 Å². The van der Waals surface area contributed by atoms with Crippen molar-refractivity contribution < 1.29 is 66.7 Å². The monoisotopic (exact) mass is 1060 g/mol. The molecule has 0 radical (unpaired) electrons. The Morgan fingerprint density at radius 3 is 1.08 bits per heavy atom. The van der Waals surface area contributed by atoms with E-state index in [9.17, 15) is 33.6 Å². The van der Waals surface area contributed by atoms with Gasteiger partial charge in [0.25, 0.3) is 0 Å². The fraction of sp³-hybridized carbons (Fsp3) is 0.881. The molecule has 1 unspecified atom stereocenters. The molecule has 2 fully saturated rings. The van der Waals surface area contributed by atoms with Crippen molar-refractivity contribution in [1.82, 2.24) is 9.80 Å². The van der Waals surface area contributed by atoms with E-state index in [0.717, 1.165) is 148 Å². The molecule has 0 aliphatic carbocycles. The van der Waals surface area contributed by atoms with Gasteiger partial charge in [-0.05, 0) is 58.5 Å². The fourth-order valence-corrected chi connectivity index (χ4v) is 9.53. The predicted octanol–water partition coefficient (Wildman–Crippen LogP) is 12.3. The second-order valence-electron chi connectivity index (χ2n) is 21.6. The first kappa shape index (κ1) is 67.2. The number of esters is 6. The van der Waals surface area contributed by atoms with Crippen molar-refractivity contribution >= 4 is 41.9 Å². The van der Waals surface area contributed by atoms with E-state index in [2.05, 4.69) is 32.6 Å². The number of piperidine rings is 1. The zero-order chi connectivity index (χ0) is 54.7. The molecule has 16 heteroatoms. The van der Waals surface area contributed by atoms with Crippen LogP contribution in [0.1, 0.15) is 246 Å². The maximum absolute atomic E-state index is 13.9. The summed E-state index contributed by atoms with van der Waals surface area (Å²) in [6.07, 6.45) is 24.8. The Morgan fingerprint density at radius 1 is 0.400 bits per heavy atom. The van der Waals surface area contributed by atoms with Gasteiger partial charge in [0.05, 0.1) is 52.4 Å². The smallest absolute Gasteiger partial charge is 0.410 e. The minimum absolute atomic E-state index is 0.0158. The number of hydrogen-bond acceptors (Lipinski definition) is 15. The van der Waals surface area contributed by atoms with Crippen molar-refractivity contribution in [2.24, 2.45) is 11.8 Å². The quantitative estimate of drug-likeness (QED) is 0.0318. The van der Waals surface area contributed by atoms with Crippen LogP contribution in [0.25, 0.3) is 0 Å². The number of likely N-dealkylation sites (N-methyl/N-ethyl adjacent to an activating group) is 1. The van der Waals surface area contributed by atoms with Crippen LogP contribution < -0.4 is 0 Å². The lowest BCUT2D eigenvalue weighted by Crippen LogP contribution is -2.52. The number of amides is 1. The molecule has 0 aromatic rings. The maximum Gasteiger partial charge on any atom is 0.410 e. The van der Waals surface area contributed by atoms with E-state index in [1.807, 2.05) is 7.05 Å². The lowest BCUT2D eigenvalue weighted by Gasteiger charge is -2.37. The molecule has 434 valence electrons. The van der Waals surface area contributed by atoms with Gasteiger partial charge in [-0.1, -0.05) is 156 Å². The summed E-state index contributed by atoms with van der Waals surface area (Å²) < 4.78 is 40.6. The average molecular weight is 1070 g/mol. The first-order chi connectivity index (χ1) is 36.3. The highest BCUT2D eigenvalue weighted by Gasteiger charge is 2.37. The molecule has 3 atom stereocenters. The van der Waals surface area contributed by atoms with Crippen molar-refractivity contribution in [2.45, 2.75) is 264 Å². The molecule has 2 aliphatic heterocycles. The molecule has 0 bridgehead atoms. The normalized spacial score (nSPS) is 17.1. The molecule has 2 heterocycles. The number of carbonyl (C=O) groups excluding carboxylic acids is 7. The van der Waals surface area contributed by atoms with E-state index in [0.29, 0.717) is 38.6 Å². The summed E-state index contributed by atoms with van der Waals surface area (Å²) in [5.41, 5.74) is 0. The molecule has 1 amide bonds. The Hall–Kier alpha value is -3.95. The molecule has 16 nitrogen and oxygen atoms in total. The minimum atomic E-state index is -0.902. The van der Waals surface area contributed by atoms with Crippen LogP contribution in [0.4, 0.5) is 4.79 Å². The Morgan fingerprint density at radius 2 is 0.733 bits per heavy atom. The Balaban J connectivity index is 2.20. The van der Waals surface area contributed by atoms with Gasteiger partial charge >= 0.3 is 41.9 Å². The standard InChI is InChI=1S/C59H104N2O14/c1-6-10-14-18-22-26-33-53(62)69-44-48(45-70-54(63)34-27-23-19-15-11-7-2)38-57(66)73-51-40-52(43-61(42-51)59(68)75-50-32-30-31-37-60(5)41-50)74-58(67)39-49(46-71-55(64)35-28-24-20-16-12-8-3)47-72-56(65)36-29-25-21-17-13-9-4/h48-52H,6-47H2,1-5H3/t50?,51-,52-/m1/s1. The first-order valence-corrected chi connectivity index (χ1v) is 30.0. The van der Waals surface area contributed by atoms with Crippen LogP contribution >= 0.6 is 0 Å². The van der Waals surface area contributed by atoms with Crippen LogP contribution in [0.2, 0.25) is 0 Å². The third kappa shape index (κ3) is 35.9. The second-order valence-corrected chi connectivity index (χ2v) is 21.6. The summed E-state index contributed by atoms with van der Waals surface area (Å²) in [5, 5.41) is 0. The van der Waals surface area contributed by atoms with Gasteiger partial charge in [0.15, 0.2) is 0 Å². The molecule has 0 spiro atoms. The van der Waals surface area contributed by atoms with Crippen LogP contribution in [0.5, 0.6) is 0 Å². The Kier molecular flexibility index (Phi) is 39.5. The van der Waals surface area contributed by atoms with Crippen molar-refractivity contribution in [3.05, 3.63) is 0 Å². The van der Waals surface area contributed by atoms with Crippen LogP contribution in [0.3, 0.4) is 0 Å². The largest absolute Gasteiger partial charge is 0.465 e. The topological polar surface area (TPSA) is 191 Å². The maximum atomic E-state index is 13.9. The SMILES string of the molecule is CCCCCCCCC(=O)OCC(COC(=O)CCCCCCCC)CC(=O)O[C@@H]1C[C@@H](OC(=O)CC(COC(=O)CCCCCCCC)COC(=O)CCCCCCCC)CN(C(=O)OC2CCCCN(C)C2)C1. The van der Waals surface area contributed by atoms with Crippen molar-refractivity contribution in [2.75, 3.05) is 59.7 Å². The number of nitrogens with zero attached hydrogens (tertiary/aromatic N) is 2. The molecule has 0 saturated carbocycles. The van der Waals surface area contributed by atoms with Crippen LogP contribution in [-0.2, 0) is 61.9 Å². The Labute approximate surface area is 452 Å². The molecule has 2 saturated heterocycles.